The third-order valence-corrected chi connectivity index (χ3v) is 4.29. The Balaban J connectivity index is 2.13. The highest BCUT2D eigenvalue weighted by Gasteiger charge is 2.40. The smallest absolute Gasteiger partial charge is 0.250 e. The van der Waals surface area contributed by atoms with Gasteiger partial charge in [-0.25, -0.2) is 5.01 Å². The highest BCUT2D eigenvalue weighted by molar-refractivity contribution is 5.95. The lowest BCUT2D eigenvalue weighted by Crippen LogP contribution is -2.33. The molecule has 94 valence electrons. The number of carbonyl (C=O) groups excluding carboxylic acids is 1. The molecule has 1 fully saturated rings. The average Bonchev–Trinajstić information content (AvgIpc) is 2.53. The standard InChI is InChI=1S/C14H22N2O/c1-10-14(3,4)11(2)16(15-10)13(17)12-8-6-5-7-9-12/h12H,2,5-9H2,1,3-4H3. The van der Waals surface area contributed by atoms with Crippen LogP contribution in [-0.4, -0.2) is 16.6 Å². The van der Waals surface area contributed by atoms with Crippen molar-refractivity contribution in [2.24, 2.45) is 16.4 Å². The minimum Gasteiger partial charge on any atom is -0.272 e. The largest absolute Gasteiger partial charge is 0.272 e. The molecule has 0 saturated heterocycles. The predicted molar refractivity (Wildman–Crippen MR) is 69.5 cm³/mol. The van der Waals surface area contributed by atoms with Crippen LogP contribution in [0.4, 0.5) is 0 Å². The summed E-state index contributed by atoms with van der Waals surface area (Å²) in [6, 6.07) is 0. The first-order valence-electron chi connectivity index (χ1n) is 6.53. The Kier molecular flexibility index (Phi) is 3.11. The van der Waals surface area contributed by atoms with E-state index in [1.165, 1.54) is 19.3 Å². The fraction of sp³-hybridized carbons (Fsp3) is 0.714. The van der Waals surface area contributed by atoms with Crippen LogP contribution in [0.2, 0.25) is 0 Å². The molecule has 0 aromatic rings. The second-order valence-corrected chi connectivity index (χ2v) is 5.74. The van der Waals surface area contributed by atoms with Crippen LogP contribution in [0.1, 0.15) is 52.9 Å². The van der Waals surface area contributed by atoms with Gasteiger partial charge < -0.3 is 0 Å². The van der Waals surface area contributed by atoms with Crippen molar-refractivity contribution in [1.29, 1.82) is 0 Å². The van der Waals surface area contributed by atoms with E-state index in [0.29, 0.717) is 0 Å². The summed E-state index contributed by atoms with van der Waals surface area (Å²) in [4.78, 5) is 12.4. The van der Waals surface area contributed by atoms with Gasteiger partial charge in [0.15, 0.2) is 0 Å². The van der Waals surface area contributed by atoms with Gasteiger partial charge in [0, 0.05) is 22.7 Å². The van der Waals surface area contributed by atoms with Crippen LogP contribution < -0.4 is 0 Å². The molecular formula is C14H22N2O. The van der Waals surface area contributed by atoms with Crippen LogP contribution >= 0.6 is 0 Å². The molecule has 0 radical (unpaired) electrons. The fourth-order valence-corrected chi connectivity index (χ4v) is 2.51. The quantitative estimate of drug-likeness (QED) is 0.685. The van der Waals surface area contributed by atoms with Crippen molar-refractivity contribution in [1.82, 2.24) is 5.01 Å². The fourth-order valence-electron chi connectivity index (χ4n) is 2.51. The van der Waals surface area contributed by atoms with Gasteiger partial charge in [-0.05, 0) is 33.6 Å². The zero-order chi connectivity index (χ0) is 12.6. The van der Waals surface area contributed by atoms with Crippen LogP contribution in [-0.2, 0) is 4.79 Å². The van der Waals surface area contributed by atoms with Crippen LogP contribution in [0, 0.1) is 11.3 Å². The van der Waals surface area contributed by atoms with E-state index < -0.39 is 0 Å². The number of amides is 1. The first-order valence-corrected chi connectivity index (χ1v) is 6.53. The molecule has 1 amide bonds. The SMILES string of the molecule is C=C1N(C(=O)C2CCCCC2)N=C(C)C1(C)C. The van der Waals surface area contributed by atoms with Gasteiger partial charge in [-0.2, -0.15) is 5.10 Å². The second-order valence-electron chi connectivity index (χ2n) is 5.74. The lowest BCUT2D eigenvalue weighted by atomic mass is 9.85. The molecule has 1 heterocycles. The van der Waals surface area contributed by atoms with Gasteiger partial charge in [0.1, 0.15) is 0 Å². The van der Waals surface area contributed by atoms with Crippen LogP contribution in [0.15, 0.2) is 17.4 Å². The van der Waals surface area contributed by atoms with E-state index in [2.05, 4.69) is 25.5 Å². The Labute approximate surface area is 104 Å². The number of hydrogen-bond donors (Lipinski definition) is 0. The van der Waals surface area contributed by atoms with Gasteiger partial charge >= 0.3 is 0 Å². The van der Waals surface area contributed by atoms with Gasteiger partial charge in [0.25, 0.3) is 0 Å². The summed E-state index contributed by atoms with van der Waals surface area (Å²) < 4.78 is 0. The van der Waals surface area contributed by atoms with Crippen molar-refractivity contribution in [3.8, 4) is 0 Å². The van der Waals surface area contributed by atoms with E-state index in [1.807, 2.05) is 6.92 Å². The Bertz CT molecular complexity index is 376. The molecule has 1 saturated carbocycles. The minimum absolute atomic E-state index is 0.152. The molecule has 3 nitrogen and oxygen atoms in total. The van der Waals surface area contributed by atoms with Crippen molar-refractivity contribution in [2.45, 2.75) is 52.9 Å². The maximum Gasteiger partial charge on any atom is 0.250 e. The molecule has 0 bridgehead atoms. The van der Waals surface area contributed by atoms with E-state index in [9.17, 15) is 4.79 Å². The van der Waals surface area contributed by atoms with E-state index in [4.69, 9.17) is 0 Å². The molecular weight excluding hydrogens is 212 g/mol. The molecule has 0 aromatic heterocycles. The number of hydrazone groups is 1. The number of carbonyl (C=O) groups is 1. The van der Waals surface area contributed by atoms with Crippen molar-refractivity contribution in [3.05, 3.63) is 12.3 Å². The molecule has 17 heavy (non-hydrogen) atoms. The molecule has 0 unspecified atom stereocenters. The normalized spacial score (nSPS) is 25.0. The van der Waals surface area contributed by atoms with Gasteiger partial charge in [-0.3, -0.25) is 4.79 Å². The van der Waals surface area contributed by atoms with Crippen LogP contribution in [0.3, 0.4) is 0 Å². The lowest BCUT2D eigenvalue weighted by Gasteiger charge is -2.27. The van der Waals surface area contributed by atoms with Gasteiger partial charge in [-0.15, -0.1) is 0 Å². The topological polar surface area (TPSA) is 32.7 Å². The molecule has 3 heteroatoms. The molecule has 1 aliphatic heterocycles. The van der Waals surface area contributed by atoms with E-state index in [-0.39, 0.29) is 17.2 Å². The van der Waals surface area contributed by atoms with Gasteiger partial charge in [-0.1, -0.05) is 25.8 Å². The number of allylic oxidation sites excluding steroid dienone is 1. The molecule has 1 aliphatic carbocycles. The Morgan fingerprint density at radius 2 is 1.94 bits per heavy atom. The Hall–Kier alpha value is -1.12. The first kappa shape index (κ1) is 12.3. The minimum atomic E-state index is -0.176. The first-order chi connectivity index (χ1) is 7.94. The van der Waals surface area contributed by atoms with Crippen molar-refractivity contribution in [3.63, 3.8) is 0 Å². The predicted octanol–water partition coefficient (Wildman–Crippen LogP) is 3.32. The summed E-state index contributed by atoms with van der Waals surface area (Å²) in [6.07, 6.45) is 5.62. The molecule has 2 rings (SSSR count). The maximum absolute atomic E-state index is 12.4. The summed E-state index contributed by atoms with van der Waals surface area (Å²) in [6.45, 7) is 10.2. The number of hydrogen-bond acceptors (Lipinski definition) is 2. The van der Waals surface area contributed by atoms with Gasteiger partial charge in [0.05, 0.1) is 0 Å². The monoisotopic (exact) mass is 234 g/mol. The Morgan fingerprint density at radius 3 is 2.41 bits per heavy atom. The highest BCUT2D eigenvalue weighted by Crippen LogP contribution is 2.38. The molecule has 0 spiro atoms. The summed E-state index contributed by atoms with van der Waals surface area (Å²) in [7, 11) is 0. The molecule has 0 aromatic carbocycles. The third kappa shape index (κ3) is 2.03. The second kappa shape index (κ2) is 4.28. The summed E-state index contributed by atoms with van der Waals surface area (Å²) >= 11 is 0. The summed E-state index contributed by atoms with van der Waals surface area (Å²) in [5.41, 5.74) is 1.63. The van der Waals surface area contributed by atoms with Crippen LogP contribution in [0.25, 0.3) is 0 Å². The molecule has 0 N–H and O–H groups in total. The lowest BCUT2D eigenvalue weighted by molar-refractivity contribution is -0.134. The summed E-state index contributed by atoms with van der Waals surface area (Å²) in [5, 5.41) is 5.96. The number of nitrogens with zero attached hydrogens (tertiary/aromatic N) is 2. The van der Waals surface area contributed by atoms with Crippen molar-refractivity contribution in [2.75, 3.05) is 0 Å². The zero-order valence-corrected chi connectivity index (χ0v) is 11.1. The summed E-state index contributed by atoms with van der Waals surface area (Å²) in [5.74, 6) is 0.311. The third-order valence-electron chi connectivity index (χ3n) is 4.29. The average molecular weight is 234 g/mol. The van der Waals surface area contributed by atoms with E-state index in [0.717, 1.165) is 24.3 Å². The highest BCUT2D eigenvalue weighted by atomic mass is 16.2. The zero-order valence-electron chi connectivity index (χ0n) is 11.1. The maximum atomic E-state index is 12.4. The molecule has 0 atom stereocenters. The molecule has 2 aliphatic rings. The van der Waals surface area contributed by atoms with Crippen LogP contribution in [0.5, 0.6) is 0 Å². The number of rotatable bonds is 1. The Morgan fingerprint density at radius 1 is 1.35 bits per heavy atom. The van der Waals surface area contributed by atoms with Crippen molar-refractivity contribution >= 4 is 11.6 Å². The van der Waals surface area contributed by atoms with Gasteiger partial charge in [0.2, 0.25) is 5.91 Å². The van der Waals surface area contributed by atoms with Crippen molar-refractivity contribution < 1.29 is 4.79 Å². The van der Waals surface area contributed by atoms with E-state index in [1.54, 1.807) is 5.01 Å². The van der Waals surface area contributed by atoms with E-state index >= 15 is 0 Å².